The molecule has 2 aromatic rings. The van der Waals surface area contributed by atoms with Crippen LogP contribution in [0.2, 0.25) is 0 Å². The number of nitrogens with one attached hydrogen (secondary N) is 1. The standard InChI is InChI=1S/C15H17NO3S/c1-3-15(4-2,14(18)19)16-13(17)11-9-20-12-8-6-5-7-10(11)12/h5-9H,3-4H2,1-2H3,(H,16,17)(H,18,19). The number of rotatable bonds is 5. The minimum Gasteiger partial charge on any atom is -0.480 e. The largest absolute Gasteiger partial charge is 0.480 e. The van der Waals surface area contributed by atoms with Gasteiger partial charge in [0.2, 0.25) is 0 Å². The van der Waals surface area contributed by atoms with Crippen LogP contribution in [0.4, 0.5) is 0 Å². The number of amides is 1. The van der Waals surface area contributed by atoms with Crippen molar-refractivity contribution in [1.29, 1.82) is 0 Å². The predicted octanol–water partition coefficient (Wildman–Crippen LogP) is 3.27. The van der Waals surface area contributed by atoms with Gasteiger partial charge in [-0.2, -0.15) is 0 Å². The number of benzene rings is 1. The summed E-state index contributed by atoms with van der Waals surface area (Å²) in [5, 5.41) is 14.7. The van der Waals surface area contributed by atoms with Gasteiger partial charge >= 0.3 is 5.97 Å². The Bertz CT molecular complexity index is 643. The van der Waals surface area contributed by atoms with Crippen molar-refractivity contribution in [1.82, 2.24) is 5.32 Å². The highest BCUT2D eigenvalue weighted by Crippen LogP contribution is 2.26. The van der Waals surface area contributed by atoms with Crippen LogP contribution in [0.1, 0.15) is 37.0 Å². The summed E-state index contributed by atoms with van der Waals surface area (Å²) in [7, 11) is 0. The Morgan fingerprint density at radius 3 is 2.50 bits per heavy atom. The number of hydrogen-bond acceptors (Lipinski definition) is 3. The fraction of sp³-hybridized carbons (Fsp3) is 0.333. The number of fused-ring (bicyclic) bond motifs is 1. The number of carbonyl (C=O) groups is 2. The van der Waals surface area contributed by atoms with Gasteiger partial charge in [-0.3, -0.25) is 4.79 Å². The molecule has 4 nitrogen and oxygen atoms in total. The molecule has 2 rings (SSSR count). The number of carboxylic acid groups (broad SMARTS) is 1. The van der Waals surface area contributed by atoms with Crippen LogP contribution < -0.4 is 5.32 Å². The molecule has 1 aromatic carbocycles. The summed E-state index contributed by atoms with van der Waals surface area (Å²) in [4.78, 5) is 23.8. The van der Waals surface area contributed by atoms with Crippen LogP contribution >= 0.6 is 11.3 Å². The number of aliphatic carboxylic acids is 1. The fourth-order valence-electron chi connectivity index (χ4n) is 2.22. The third-order valence-electron chi connectivity index (χ3n) is 3.69. The number of carbonyl (C=O) groups excluding carboxylic acids is 1. The van der Waals surface area contributed by atoms with Crippen molar-refractivity contribution in [3.63, 3.8) is 0 Å². The maximum absolute atomic E-state index is 12.4. The molecule has 0 unspecified atom stereocenters. The molecule has 1 aromatic heterocycles. The summed E-state index contributed by atoms with van der Waals surface area (Å²) in [6.07, 6.45) is 0.708. The molecular weight excluding hydrogens is 274 g/mol. The molecule has 20 heavy (non-hydrogen) atoms. The monoisotopic (exact) mass is 291 g/mol. The molecule has 106 valence electrons. The summed E-state index contributed by atoms with van der Waals surface area (Å²) < 4.78 is 1.02. The van der Waals surface area contributed by atoms with E-state index in [4.69, 9.17) is 0 Å². The fourth-order valence-corrected chi connectivity index (χ4v) is 3.16. The summed E-state index contributed by atoms with van der Waals surface area (Å²) in [5.74, 6) is -1.32. The maximum atomic E-state index is 12.4. The lowest BCUT2D eigenvalue weighted by atomic mass is 9.92. The van der Waals surface area contributed by atoms with E-state index in [-0.39, 0.29) is 5.91 Å². The van der Waals surface area contributed by atoms with E-state index >= 15 is 0 Å². The van der Waals surface area contributed by atoms with Crippen molar-refractivity contribution in [3.05, 3.63) is 35.2 Å². The maximum Gasteiger partial charge on any atom is 0.329 e. The first-order chi connectivity index (χ1) is 9.54. The lowest BCUT2D eigenvalue weighted by molar-refractivity contribution is -0.144. The Hall–Kier alpha value is -1.88. The van der Waals surface area contributed by atoms with Crippen LogP contribution in [-0.4, -0.2) is 22.5 Å². The van der Waals surface area contributed by atoms with E-state index in [1.807, 2.05) is 24.3 Å². The first-order valence-electron chi connectivity index (χ1n) is 6.56. The summed E-state index contributed by atoms with van der Waals surface area (Å²) in [6.45, 7) is 3.53. The Labute approximate surface area is 121 Å². The van der Waals surface area contributed by atoms with Crippen LogP contribution in [0, 0.1) is 0 Å². The van der Waals surface area contributed by atoms with Crippen LogP contribution in [0.5, 0.6) is 0 Å². The molecule has 0 aliphatic carbocycles. The summed E-state index contributed by atoms with van der Waals surface area (Å²) >= 11 is 1.48. The van der Waals surface area contributed by atoms with Crippen molar-refractivity contribution in [2.75, 3.05) is 0 Å². The molecule has 0 spiro atoms. The normalized spacial score (nSPS) is 11.5. The van der Waals surface area contributed by atoms with Crippen LogP contribution in [0.3, 0.4) is 0 Å². The molecule has 0 atom stereocenters. The molecule has 0 saturated carbocycles. The zero-order valence-electron chi connectivity index (χ0n) is 11.5. The highest BCUT2D eigenvalue weighted by Gasteiger charge is 2.36. The van der Waals surface area contributed by atoms with E-state index < -0.39 is 11.5 Å². The van der Waals surface area contributed by atoms with E-state index in [0.717, 1.165) is 10.1 Å². The SMILES string of the molecule is CCC(CC)(NC(=O)c1csc2ccccc12)C(=O)O. The Morgan fingerprint density at radius 2 is 1.90 bits per heavy atom. The Morgan fingerprint density at radius 1 is 1.25 bits per heavy atom. The minimum atomic E-state index is -1.19. The molecule has 2 N–H and O–H groups in total. The second kappa shape index (κ2) is 5.63. The van der Waals surface area contributed by atoms with E-state index in [1.165, 1.54) is 11.3 Å². The van der Waals surface area contributed by atoms with Gasteiger partial charge in [0.05, 0.1) is 5.56 Å². The summed E-state index contributed by atoms with van der Waals surface area (Å²) in [5.41, 5.74) is -0.654. The number of carboxylic acids is 1. The quantitative estimate of drug-likeness (QED) is 0.888. The number of hydrogen-bond donors (Lipinski definition) is 2. The first kappa shape index (κ1) is 14.5. The molecule has 0 aliphatic rings. The molecular formula is C15H17NO3S. The minimum absolute atomic E-state index is 0.325. The van der Waals surface area contributed by atoms with E-state index in [0.29, 0.717) is 18.4 Å². The van der Waals surface area contributed by atoms with Gasteiger partial charge in [0, 0.05) is 15.5 Å². The van der Waals surface area contributed by atoms with E-state index in [2.05, 4.69) is 5.32 Å². The smallest absolute Gasteiger partial charge is 0.329 e. The molecule has 1 amide bonds. The zero-order valence-corrected chi connectivity index (χ0v) is 12.3. The van der Waals surface area contributed by atoms with Gasteiger partial charge in [0.15, 0.2) is 0 Å². The molecule has 0 bridgehead atoms. The predicted molar refractivity (Wildman–Crippen MR) is 80.2 cm³/mol. The molecule has 0 radical (unpaired) electrons. The Balaban J connectivity index is 2.34. The average molecular weight is 291 g/mol. The lowest BCUT2D eigenvalue weighted by Gasteiger charge is -2.27. The van der Waals surface area contributed by atoms with Gasteiger partial charge in [-0.1, -0.05) is 32.0 Å². The molecule has 0 fully saturated rings. The van der Waals surface area contributed by atoms with Gasteiger partial charge in [0.25, 0.3) is 5.91 Å². The van der Waals surface area contributed by atoms with Crippen LogP contribution in [-0.2, 0) is 4.79 Å². The highest BCUT2D eigenvalue weighted by molar-refractivity contribution is 7.17. The molecule has 1 heterocycles. The zero-order chi connectivity index (χ0) is 14.8. The molecule has 5 heteroatoms. The van der Waals surface area contributed by atoms with Gasteiger partial charge in [-0.15, -0.1) is 11.3 Å². The lowest BCUT2D eigenvalue weighted by Crippen LogP contribution is -2.53. The molecule has 0 saturated heterocycles. The Kier molecular flexibility index (Phi) is 4.09. The summed E-state index contributed by atoms with van der Waals surface area (Å²) in [6, 6.07) is 7.61. The van der Waals surface area contributed by atoms with Crippen molar-refractivity contribution < 1.29 is 14.7 Å². The van der Waals surface area contributed by atoms with Gasteiger partial charge in [0.1, 0.15) is 5.54 Å². The van der Waals surface area contributed by atoms with Crippen molar-refractivity contribution >= 4 is 33.3 Å². The first-order valence-corrected chi connectivity index (χ1v) is 7.44. The third-order valence-corrected chi connectivity index (χ3v) is 4.66. The molecule has 0 aliphatic heterocycles. The van der Waals surface area contributed by atoms with Gasteiger partial charge in [-0.25, -0.2) is 4.79 Å². The van der Waals surface area contributed by atoms with Crippen molar-refractivity contribution in [2.45, 2.75) is 32.2 Å². The van der Waals surface area contributed by atoms with Crippen LogP contribution in [0.25, 0.3) is 10.1 Å². The number of thiophene rings is 1. The second-order valence-corrected chi connectivity index (χ2v) is 5.61. The van der Waals surface area contributed by atoms with E-state index in [1.54, 1.807) is 19.2 Å². The van der Waals surface area contributed by atoms with Crippen LogP contribution in [0.15, 0.2) is 29.6 Å². The average Bonchev–Trinajstić information content (AvgIpc) is 2.88. The third kappa shape index (κ3) is 2.41. The second-order valence-electron chi connectivity index (χ2n) is 4.69. The van der Waals surface area contributed by atoms with E-state index in [9.17, 15) is 14.7 Å². The highest BCUT2D eigenvalue weighted by atomic mass is 32.1. The van der Waals surface area contributed by atoms with Crippen molar-refractivity contribution in [3.8, 4) is 0 Å². The van der Waals surface area contributed by atoms with Gasteiger partial charge < -0.3 is 10.4 Å². The van der Waals surface area contributed by atoms with Crippen molar-refractivity contribution in [2.24, 2.45) is 0 Å². The van der Waals surface area contributed by atoms with Gasteiger partial charge in [-0.05, 0) is 18.9 Å². The topological polar surface area (TPSA) is 66.4 Å².